The number of thiazole rings is 1. The quantitative estimate of drug-likeness (QED) is 0.473. The van der Waals surface area contributed by atoms with Crippen LogP contribution in [0.5, 0.6) is 11.6 Å². The molecule has 8 heteroatoms. The van der Waals surface area contributed by atoms with Gasteiger partial charge in [-0.15, -0.1) is 11.3 Å². The number of hydrogen-bond acceptors (Lipinski definition) is 5. The Morgan fingerprint density at radius 3 is 2.79 bits per heavy atom. The molecule has 6 nitrogen and oxygen atoms in total. The second kappa shape index (κ2) is 6.86. The number of methoxy groups -OCH3 is 1. The summed E-state index contributed by atoms with van der Waals surface area (Å²) < 4.78 is 8.94. The fraction of sp³-hybridized carbons (Fsp3) is 0.190. The number of hydrogen-bond donors (Lipinski definition) is 0. The maximum Gasteiger partial charge on any atom is 0.349 e. The minimum absolute atomic E-state index is 0.143. The summed E-state index contributed by atoms with van der Waals surface area (Å²) in [6.45, 7) is 0. The molecule has 0 N–H and O–H groups in total. The first-order valence-corrected chi connectivity index (χ1v) is 10.3. The van der Waals surface area contributed by atoms with Crippen LogP contribution in [0.3, 0.4) is 0 Å². The second-order valence-corrected chi connectivity index (χ2v) is 8.53. The lowest BCUT2D eigenvalue weighted by Gasteiger charge is -2.27. The summed E-state index contributed by atoms with van der Waals surface area (Å²) in [5, 5.41) is 13.6. The Hall–Kier alpha value is -2.90. The van der Waals surface area contributed by atoms with Crippen LogP contribution in [-0.2, 0) is 6.42 Å². The van der Waals surface area contributed by atoms with Crippen LogP contribution in [0.4, 0.5) is 0 Å². The molecule has 1 unspecified atom stereocenters. The van der Waals surface area contributed by atoms with Crippen molar-refractivity contribution in [2.75, 3.05) is 7.11 Å². The molecule has 1 atom stereocenters. The molecule has 0 radical (unpaired) electrons. The van der Waals surface area contributed by atoms with Gasteiger partial charge in [0.25, 0.3) is 5.65 Å². The van der Waals surface area contributed by atoms with Crippen LogP contribution in [0.2, 0.25) is 4.47 Å². The predicted molar refractivity (Wildman–Crippen MR) is 109 cm³/mol. The van der Waals surface area contributed by atoms with E-state index < -0.39 is 0 Å². The average Bonchev–Trinajstić information content (AvgIpc) is 3.18. The van der Waals surface area contributed by atoms with E-state index in [9.17, 15) is 9.90 Å². The number of benzene rings is 1. The number of nitrogens with zero attached hydrogens (tertiary/aromatic N) is 3. The van der Waals surface area contributed by atoms with Gasteiger partial charge in [-0.05, 0) is 42.7 Å². The maximum atomic E-state index is 13.6. The molecule has 4 heterocycles. The topological polar surface area (TPSA) is 71.3 Å². The molecule has 29 heavy (non-hydrogen) atoms. The van der Waals surface area contributed by atoms with E-state index in [0.29, 0.717) is 21.4 Å². The highest BCUT2D eigenvalue weighted by Gasteiger charge is 2.33. The van der Waals surface area contributed by atoms with Crippen LogP contribution < -0.4 is 19.8 Å². The lowest BCUT2D eigenvalue weighted by Crippen LogP contribution is -2.47. The molecule has 0 saturated carbocycles. The first kappa shape index (κ1) is 18.1. The smallest absolute Gasteiger partial charge is 0.349 e. The molecular formula is C21H16ClN3O3S. The molecular weight excluding hydrogens is 410 g/mol. The summed E-state index contributed by atoms with van der Waals surface area (Å²) in [7, 11) is 1.57. The molecule has 0 fully saturated rings. The van der Waals surface area contributed by atoms with Crippen molar-refractivity contribution in [1.82, 2.24) is 9.55 Å². The second-order valence-electron chi connectivity index (χ2n) is 6.88. The fourth-order valence-corrected chi connectivity index (χ4v) is 5.09. The lowest BCUT2D eigenvalue weighted by molar-refractivity contribution is -0.534. The van der Waals surface area contributed by atoms with Crippen LogP contribution >= 0.6 is 22.9 Å². The molecule has 146 valence electrons. The fourth-order valence-electron chi connectivity index (χ4n) is 4.01. The zero-order chi connectivity index (χ0) is 20.1. The number of ether oxygens (including phenoxy) is 1. The largest absolute Gasteiger partial charge is 0.842 e. The van der Waals surface area contributed by atoms with Gasteiger partial charge in [-0.25, -0.2) is 14.3 Å². The molecule has 1 aliphatic heterocycles. The molecule has 0 bridgehead atoms. The number of rotatable bonds is 3. The number of halogens is 1. The van der Waals surface area contributed by atoms with Crippen LogP contribution in [0, 0.1) is 0 Å². The van der Waals surface area contributed by atoms with Gasteiger partial charge in [-0.3, -0.25) is 0 Å². The van der Waals surface area contributed by atoms with Gasteiger partial charge in [-0.1, -0.05) is 23.7 Å². The summed E-state index contributed by atoms with van der Waals surface area (Å²) in [4.78, 5) is 18.3. The molecule has 1 aliphatic rings. The Morgan fingerprint density at radius 1 is 1.31 bits per heavy atom. The Bertz CT molecular complexity index is 1300. The van der Waals surface area contributed by atoms with Crippen LogP contribution in [0.25, 0.3) is 16.8 Å². The third-order valence-electron chi connectivity index (χ3n) is 5.34. The summed E-state index contributed by atoms with van der Waals surface area (Å²) >= 11 is 7.42. The van der Waals surface area contributed by atoms with Gasteiger partial charge in [0.15, 0.2) is 4.47 Å². The maximum absolute atomic E-state index is 13.6. The summed E-state index contributed by atoms with van der Waals surface area (Å²) in [5.41, 5.74) is 2.01. The van der Waals surface area contributed by atoms with Crippen molar-refractivity contribution in [2.45, 2.75) is 18.9 Å². The Balaban J connectivity index is 1.84. The first-order valence-electron chi connectivity index (χ1n) is 9.13. The Morgan fingerprint density at radius 2 is 2.10 bits per heavy atom. The van der Waals surface area contributed by atoms with E-state index in [1.54, 1.807) is 52.7 Å². The van der Waals surface area contributed by atoms with Gasteiger partial charge < -0.3 is 9.84 Å². The Labute approximate surface area is 175 Å². The van der Waals surface area contributed by atoms with E-state index >= 15 is 0 Å². The van der Waals surface area contributed by atoms with Crippen molar-refractivity contribution >= 4 is 28.6 Å². The van der Waals surface area contributed by atoms with E-state index in [-0.39, 0.29) is 23.0 Å². The number of aryl methyl sites for hydroxylation is 1. The highest BCUT2D eigenvalue weighted by atomic mass is 35.5. The van der Waals surface area contributed by atoms with Crippen molar-refractivity contribution < 1.29 is 14.2 Å². The molecule has 0 saturated heterocycles. The van der Waals surface area contributed by atoms with Crippen molar-refractivity contribution in [3.05, 3.63) is 74.1 Å². The normalized spacial score (nSPS) is 15.6. The van der Waals surface area contributed by atoms with Crippen molar-refractivity contribution in [1.29, 1.82) is 0 Å². The van der Waals surface area contributed by atoms with E-state index in [1.165, 1.54) is 11.3 Å². The molecule has 0 aliphatic carbocycles. The third-order valence-corrected chi connectivity index (χ3v) is 6.56. The summed E-state index contributed by atoms with van der Waals surface area (Å²) in [6, 6.07) is 10.6. The van der Waals surface area contributed by atoms with Gasteiger partial charge in [0, 0.05) is 11.8 Å². The van der Waals surface area contributed by atoms with Crippen LogP contribution in [-0.4, -0.2) is 16.7 Å². The van der Waals surface area contributed by atoms with E-state index in [4.69, 9.17) is 16.3 Å². The molecule has 5 rings (SSSR count). The average molecular weight is 426 g/mol. The Kier molecular flexibility index (Phi) is 4.29. The molecule has 0 spiro atoms. The SMILES string of the molecule is COc1ccc(-c2c([O-])n3c4c(ccc[n+]4c2=O)CCC3c2cnc(Cl)s2)cc1. The molecule has 1 aromatic carbocycles. The van der Waals surface area contributed by atoms with Gasteiger partial charge in [-0.2, -0.15) is 4.40 Å². The van der Waals surface area contributed by atoms with Gasteiger partial charge in [0.05, 0.1) is 24.1 Å². The standard InChI is InChI=1S/C21H16ClN3O3S/c1-28-14-7-4-12(5-8-14)17-19(26)24-10-2-3-13-6-9-15(16-11-23-21(22)29-16)25(18(13)24)20(17)27/h2-5,7-8,10-11,15H,6,9H2,1H3. The molecule has 0 amide bonds. The highest BCUT2D eigenvalue weighted by molar-refractivity contribution is 7.15. The molecule has 4 aromatic rings. The monoisotopic (exact) mass is 425 g/mol. The highest BCUT2D eigenvalue weighted by Crippen LogP contribution is 2.39. The van der Waals surface area contributed by atoms with E-state index in [1.807, 2.05) is 12.1 Å². The van der Waals surface area contributed by atoms with Crippen LogP contribution in [0.1, 0.15) is 22.9 Å². The lowest BCUT2D eigenvalue weighted by atomic mass is 9.99. The van der Waals surface area contributed by atoms with Gasteiger partial charge >= 0.3 is 5.56 Å². The zero-order valence-electron chi connectivity index (χ0n) is 15.5. The molecule has 3 aromatic heterocycles. The number of aromatic nitrogens is 3. The minimum Gasteiger partial charge on any atom is -0.842 e. The minimum atomic E-state index is -0.323. The predicted octanol–water partition coefficient (Wildman–Crippen LogP) is 2.98. The van der Waals surface area contributed by atoms with Crippen molar-refractivity contribution in [2.24, 2.45) is 0 Å². The third kappa shape index (κ3) is 2.81. The zero-order valence-corrected chi connectivity index (χ0v) is 17.0. The van der Waals surface area contributed by atoms with Crippen LogP contribution in [0.15, 0.2) is 53.6 Å². The van der Waals surface area contributed by atoms with Crippen molar-refractivity contribution in [3.63, 3.8) is 0 Å². The summed E-state index contributed by atoms with van der Waals surface area (Å²) in [5.74, 6) is 0.359. The van der Waals surface area contributed by atoms with Crippen molar-refractivity contribution in [3.8, 4) is 22.8 Å². The van der Waals surface area contributed by atoms with Gasteiger partial charge in [0.2, 0.25) is 0 Å². The van der Waals surface area contributed by atoms with E-state index in [2.05, 4.69) is 4.98 Å². The summed E-state index contributed by atoms with van der Waals surface area (Å²) in [6.07, 6.45) is 4.94. The van der Waals surface area contributed by atoms with E-state index in [0.717, 1.165) is 23.3 Å². The first-order chi connectivity index (χ1) is 14.1. The van der Waals surface area contributed by atoms with Gasteiger partial charge in [0.1, 0.15) is 17.4 Å². The number of pyridine rings is 1.